The molecule has 2 heteroatoms. The summed E-state index contributed by atoms with van der Waals surface area (Å²) >= 11 is 0. The first-order valence-electron chi connectivity index (χ1n) is 27.1. The van der Waals surface area contributed by atoms with Gasteiger partial charge in [-0.15, -0.1) is 0 Å². The van der Waals surface area contributed by atoms with E-state index in [1.165, 1.54) is 116 Å². The van der Waals surface area contributed by atoms with Crippen LogP contribution in [0.2, 0.25) is 0 Å². The Morgan fingerprint density at radius 2 is 0.740 bits per heavy atom. The van der Waals surface area contributed by atoms with E-state index in [0.29, 0.717) is 0 Å². The first-order valence-corrected chi connectivity index (χ1v) is 27.1. The highest BCUT2D eigenvalue weighted by molar-refractivity contribution is 6.00. The smallest absolute Gasteiger partial charge is 0.0540 e. The zero-order valence-electron chi connectivity index (χ0n) is 45.3. The minimum Gasteiger partial charge on any atom is -0.310 e. The molecule has 11 aromatic carbocycles. The van der Waals surface area contributed by atoms with Crippen molar-refractivity contribution in [2.75, 3.05) is 9.80 Å². The summed E-state index contributed by atoms with van der Waals surface area (Å²) in [5, 5.41) is 4.93. The standard InChI is InChI=1S/C75H64N2/c1-50-48-52(3)73(54(5)71(50)60-34-32-56(33-35-60)57-38-42-65(43-39-57)76(63-24-10-8-11-25-63)69-30-18-22-58-20-14-16-28-67(58)69)74-53(4)49-51(2)72(55(74)6)61-36-40-62(41-37-61)75(7)46-44-66(45-47-75)77(64-26-12-9-13-27-64)70-31-19-23-59-21-15-17-29-68(59)70/h8-46,48-49H,47H2,1-7H3. The second-order valence-corrected chi connectivity index (χ2v) is 21.4. The third-order valence-electron chi connectivity index (χ3n) is 16.3. The van der Waals surface area contributed by atoms with Crippen molar-refractivity contribution in [3.8, 4) is 44.5 Å². The van der Waals surface area contributed by atoms with Gasteiger partial charge in [0.05, 0.1) is 11.4 Å². The molecule has 0 amide bonds. The molecular weight excluding hydrogens is 929 g/mol. The van der Waals surface area contributed by atoms with E-state index in [0.717, 1.165) is 29.2 Å². The quantitative estimate of drug-likeness (QED) is 0.127. The van der Waals surface area contributed by atoms with Crippen LogP contribution in [0.25, 0.3) is 66.1 Å². The first-order chi connectivity index (χ1) is 37.5. The van der Waals surface area contributed by atoms with Gasteiger partial charge in [-0.1, -0.05) is 201 Å². The number of fused-ring (bicyclic) bond motifs is 2. The molecule has 77 heavy (non-hydrogen) atoms. The van der Waals surface area contributed by atoms with E-state index in [1.807, 2.05) is 0 Å². The van der Waals surface area contributed by atoms with Crippen molar-refractivity contribution in [3.05, 3.63) is 293 Å². The SMILES string of the molecule is Cc1cc(C)c(-c2c(C)cc(C)c(-c3ccc(C4(C)C=CC(N(c5ccccc5)c5cccc6ccccc56)=CC4)cc3)c2C)c(C)c1-c1ccc(-c2ccc(N(c3ccccc3)c3cccc4ccccc34)cc2)cc1. The van der Waals surface area contributed by atoms with Crippen LogP contribution in [0.1, 0.15) is 52.3 Å². The molecule has 1 aliphatic rings. The maximum atomic E-state index is 2.42. The van der Waals surface area contributed by atoms with Gasteiger partial charge in [0.25, 0.3) is 0 Å². The Balaban J connectivity index is 0.822. The van der Waals surface area contributed by atoms with Crippen LogP contribution >= 0.6 is 0 Å². The molecular formula is C75H64N2. The van der Waals surface area contributed by atoms with Gasteiger partial charge in [0, 0.05) is 38.9 Å². The van der Waals surface area contributed by atoms with Gasteiger partial charge in [-0.25, -0.2) is 0 Å². The van der Waals surface area contributed by atoms with Gasteiger partial charge in [-0.05, 0) is 197 Å². The Morgan fingerprint density at radius 1 is 0.351 bits per heavy atom. The fraction of sp³-hybridized carbons (Fsp3) is 0.120. The molecule has 2 nitrogen and oxygen atoms in total. The van der Waals surface area contributed by atoms with Gasteiger partial charge in [0.1, 0.15) is 0 Å². The number of hydrogen-bond acceptors (Lipinski definition) is 2. The summed E-state index contributed by atoms with van der Waals surface area (Å²) in [7, 11) is 0. The predicted octanol–water partition coefficient (Wildman–Crippen LogP) is 20.9. The summed E-state index contributed by atoms with van der Waals surface area (Å²) in [4.78, 5) is 4.77. The summed E-state index contributed by atoms with van der Waals surface area (Å²) in [6, 6.07) is 84.4. The number of aryl methyl sites for hydroxylation is 4. The van der Waals surface area contributed by atoms with E-state index in [2.05, 4.69) is 307 Å². The summed E-state index contributed by atoms with van der Waals surface area (Å²) in [5.74, 6) is 0. The Bertz CT molecular complexity index is 4040. The van der Waals surface area contributed by atoms with Crippen molar-refractivity contribution in [2.24, 2.45) is 0 Å². The Kier molecular flexibility index (Phi) is 12.9. The molecule has 374 valence electrons. The van der Waals surface area contributed by atoms with E-state index in [9.17, 15) is 0 Å². The van der Waals surface area contributed by atoms with E-state index in [4.69, 9.17) is 0 Å². The summed E-state index contributed by atoms with van der Waals surface area (Å²) in [6.07, 6.45) is 8.06. The minimum absolute atomic E-state index is 0.149. The van der Waals surface area contributed by atoms with Gasteiger partial charge >= 0.3 is 0 Å². The topological polar surface area (TPSA) is 6.48 Å². The van der Waals surface area contributed by atoms with Gasteiger partial charge in [-0.2, -0.15) is 0 Å². The summed E-state index contributed by atoms with van der Waals surface area (Å²) < 4.78 is 0. The molecule has 0 spiro atoms. The number of hydrogen-bond donors (Lipinski definition) is 0. The molecule has 11 aromatic rings. The van der Waals surface area contributed by atoms with Gasteiger partial charge < -0.3 is 9.80 Å². The normalized spacial score (nSPS) is 14.2. The van der Waals surface area contributed by atoms with Crippen LogP contribution in [-0.2, 0) is 5.41 Å². The Morgan fingerprint density at radius 3 is 1.23 bits per heavy atom. The monoisotopic (exact) mass is 993 g/mol. The van der Waals surface area contributed by atoms with Crippen molar-refractivity contribution < 1.29 is 0 Å². The van der Waals surface area contributed by atoms with Crippen LogP contribution in [0.4, 0.5) is 28.4 Å². The number of rotatable bonds is 11. The largest absolute Gasteiger partial charge is 0.310 e. The second-order valence-electron chi connectivity index (χ2n) is 21.4. The predicted molar refractivity (Wildman–Crippen MR) is 331 cm³/mol. The fourth-order valence-corrected chi connectivity index (χ4v) is 12.6. The summed E-state index contributed by atoms with van der Waals surface area (Å²) in [5.41, 5.74) is 26.1. The van der Waals surface area contributed by atoms with Crippen molar-refractivity contribution >= 4 is 50.0 Å². The third-order valence-corrected chi connectivity index (χ3v) is 16.3. The molecule has 1 atom stereocenters. The molecule has 0 N–H and O–H groups in total. The molecule has 0 bridgehead atoms. The third kappa shape index (κ3) is 9.04. The highest BCUT2D eigenvalue weighted by Crippen LogP contribution is 2.46. The number of allylic oxidation sites excluding steroid dienone is 3. The van der Waals surface area contributed by atoms with Crippen LogP contribution < -0.4 is 9.80 Å². The highest BCUT2D eigenvalue weighted by atomic mass is 15.2. The number of benzene rings is 11. The van der Waals surface area contributed by atoms with Crippen molar-refractivity contribution in [1.29, 1.82) is 0 Å². The van der Waals surface area contributed by atoms with E-state index >= 15 is 0 Å². The molecule has 0 aliphatic heterocycles. The molecule has 0 heterocycles. The number of anilines is 5. The molecule has 1 unspecified atom stereocenters. The van der Waals surface area contributed by atoms with Crippen molar-refractivity contribution in [1.82, 2.24) is 0 Å². The van der Waals surface area contributed by atoms with Crippen LogP contribution in [0, 0.1) is 41.5 Å². The van der Waals surface area contributed by atoms with Crippen LogP contribution in [0.3, 0.4) is 0 Å². The highest BCUT2D eigenvalue weighted by Gasteiger charge is 2.28. The van der Waals surface area contributed by atoms with Gasteiger partial charge in [-0.3, -0.25) is 0 Å². The molecule has 0 fully saturated rings. The van der Waals surface area contributed by atoms with Gasteiger partial charge in [0.15, 0.2) is 0 Å². The molecule has 0 aromatic heterocycles. The molecule has 0 saturated heterocycles. The van der Waals surface area contributed by atoms with Crippen molar-refractivity contribution in [3.63, 3.8) is 0 Å². The lowest BCUT2D eigenvalue weighted by molar-refractivity contribution is 0.595. The van der Waals surface area contributed by atoms with Gasteiger partial charge in [0.2, 0.25) is 0 Å². The lowest BCUT2D eigenvalue weighted by Crippen LogP contribution is -2.24. The Labute approximate surface area is 455 Å². The lowest BCUT2D eigenvalue weighted by Gasteiger charge is -2.34. The number of para-hydroxylation sites is 2. The second kappa shape index (κ2) is 20.3. The Hall–Kier alpha value is -8.98. The molecule has 12 rings (SSSR count). The lowest BCUT2D eigenvalue weighted by atomic mass is 9.76. The van der Waals surface area contributed by atoms with E-state index < -0.39 is 0 Å². The van der Waals surface area contributed by atoms with Crippen LogP contribution in [0.15, 0.2) is 254 Å². The average Bonchev–Trinajstić information content (AvgIpc) is 3.50. The molecule has 0 radical (unpaired) electrons. The zero-order valence-corrected chi connectivity index (χ0v) is 45.3. The maximum Gasteiger partial charge on any atom is 0.0540 e. The van der Waals surface area contributed by atoms with Crippen LogP contribution in [-0.4, -0.2) is 0 Å². The van der Waals surface area contributed by atoms with E-state index in [-0.39, 0.29) is 5.41 Å². The van der Waals surface area contributed by atoms with Crippen molar-refractivity contribution in [2.45, 2.75) is 60.3 Å². The molecule has 0 saturated carbocycles. The van der Waals surface area contributed by atoms with Crippen LogP contribution in [0.5, 0.6) is 0 Å². The average molecular weight is 993 g/mol. The molecule has 1 aliphatic carbocycles. The zero-order chi connectivity index (χ0) is 52.8. The number of nitrogens with zero attached hydrogens (tertiary/aromatic N) is 2. The first kappa shape index (κ1) is 48.9. The summed E-state index contributed by atoms with van der Waals surface area (Å²) in [6.45, 7) is 16.2. The maximum absolute atomic E-state index is 2.42. The minimum atomic E-state index is -0.149. The van der Waals surface area contributed by atoms with E-state index in [1.54, 1.807) is 0 Å². The fourth-order valence-electron chi connectivity index (χ4n) is 12.6.